The predicted molar refractivity (Wildman–Crippen MR) is 85.1 cm³/mol. The number of rotatable bonds is 8. The van der Waals surface area contributed by atoms with Crippen LogP contribution in [0.3, 0.4) is 0 Å². The lowest BCUT2D eigenvalue weighted by Crippen LogP contribution is -2.47. The SMILES string of the molecule is CCC(C)C(N)C(=O)NCC1(CCOC)CCCC1.Cl. The zero-order chi connectivity index (χ0) is 14.3. The third-order valence-corrected chi connectivity index (χ3v) is 4.70. The van der Waals surface area contributed by atoms with E-state index in [0.29, 0.717) is 0 Å². The molecule has 20 heavy (non-hydrogen) atoms. The summed E-state index contributed by atoms with van der Waals surface area (Å²) in [5, 5.41) is 3.07. The van der Waals surface area contributed by atoms with Gasteiger partial charge in [-0.3, -0.25) is 4.79 Å². The molecule has 0 aromatic heterocycles. The monoisotopic (exact) mass is 306 g/mol. The molecule has 120 valence electrons. The molecule has 2 atom stereocenters. The number of ether oxygens (including phenoxy) is 1. The summed E-state index contributed by atoms with van der Waals surface area (Å²) in [6.07, 6.45) is 6.87. The normalized spacial score (nSPS) is 20.0. The molecule has 0 heterocycles. The van der Waals surface area contributed by atoms with Gasteiger partial charge in [-0.1, -0.05) is 33.1 Å². The van der Waals surface area contributed by atoms with Gasteiger partial charge in [0.25, 0.3) is 0 Å². The second-order valence-corrected chi connectivity index (χ2v) is 6.08. The average Bonchev–Trinajstić information content (AvgIpc) is 2.90. The Bertz CT molecular complexity index is 281. The second kappa shape index (κ2) is 9.59. The van der Waals surface area contributed by atoms with Gasteiger partial charge in [-0.25, -0.2) is 0 Å². The molecule has 0 bridgehead atoms. The highest BCUT2D eigenvalue weighted by Crippen LogP contribution is 2.40. The van der Waals surface area contributed by atoms with E-state index in [1.165, 1.54) is 25.7 Å². The fourth-order valence-electron chi connectivity index (χ4n) is 2.86. The summed E-state index contributed by atoms with van der Waals surface area (Å²) in [5.74, 6) is 0.233. The maximum atomic E-state index is 12.0. The summed E-state index contributed by atoms with van der Waals surface area (Å²) in [5.41, 5.74) is 6.20. The van der Waals surface area contributed by atoms with Crippen molar-refractivity contribution in [2.45, 2.75) is 58.4 Å². The molecule has 1 fully saturated rings. The van der Waals surface area contributed by atoms with E-state index >= 15 is 0 Å². The van der Waals surface area contributed by atoms with Gasteiger partial charge in [0.15, 0.2) is 0 Å². The molecule has 4 nitrogen and oxygen atoms in total. The van der Waals surface area contributed by atoms with Crippen LogP contribution in [0.15, 0.2) is 0 Å². The number of hydrogen-bond acceptors (Lipinski definition) is 3. The largest absolute Gasteiger partial charge is 0.385 e. The maximum absolute atomic E-state index is 12.0. The number of carbonyl (C=O) groups is 1. The zero-order valence-corrected chi connectivity index (χ0v) is 13.9. The highest BCUT2D eigenvalue weighted by molar-refractivity contribution is 5.85. The molecular weight excluding hydrogens is 276 g/mol. The number of hydrogen-bond donors (Lipinski definition) is 2. The fourth-order valence-corrected chi connectivity index (χ4v) is 2.86. The molecular formula is C15H31ClN2O2. The van der Waals surface area contributed by atoms with E-state index in [-0.39, 0.29) is 35.7 Å². The first-order chi connectivity index (χ1) is 9.04. The van der Waals surface area contributed by atoms with E-state index < -0.39 is 0 Å². The highest BCUT2D eigenvalue weighted by atomic mass is 35.5. The number of nitrogens with one attached hydrogen (secondary N) is 1. The van der Waals surface area contributed by atoms with Crippen LogP contribution in [0.25, 0.3) is 0 Å². The molecule has 1 rings (SSSR count). The molecule has 0 aromatic rings. The van der Waals surface area contributed by atoms with E-state index in [1.54, 1.807) is 7.11 Å². The van der Waals surface area contributed by atoms with Gasteiger partial charge in [-0.15, -0.1) is 12.4 Å². The number of nitrogens with two attached hydrogens (primary N) is 1. The molecule has 1 aliphatic carbocycles. The maximum Gasteiger partial charge on any atom is 0.237 e. The predicted octanol–water partition coefficient (Wildman–Crippen LogP) is 2.49. The summed E-state index contributed by atoms with van der Waals surface area (Å²) >= 11 is 0. The van der Waals surface area contributed by atoms with Gasteiger partial charge in [0.1, 0.15) is 0 Å². The van der Waals surface area contributed by atoms with Crippen LogP contribution in [0.4, 0.5) is 0 Å². The lowest BCUT2D eigenvalue weighted by molar-refractivity contribution is -0.124. The van der Waals surface area contributed by atoms with Gasteiger partial charge >= 0.3 is 0 Å². The van der Waals surface area contributed by atoms with Crippen LogP contribution < -0.4 is 11.1 Å². The van der Waals surface area contributed by atoms with E-state index in [4.69, 9.17) is 10.5 Å². The molecule has 0 radical (unpaired) electrons. The van der Waals surface area contributed by atoms with Crippen LogP contribution in [0.5, 0.6) is 0 Å². The van der Waals surface area contributed by atoms with E-state index in [1.807, 2.05) is 6.92 Å². The standard InChI is InChI=1S/C15H30N2O2.ClH/c1-4-12(2)13(16)14(18)17-11-15(9-10-19-3)7-5-6-8-15;/h12-13H,4-11,16H2,1-3H3,(H,17,18);1H. The number of methoxy groups -OCH3 is 1. The van der Waals surface area contributed by atoms with Crippen molar-refractivity contribution in [1.29, 1.82) is 0 Å². The fraction of sp³-hybridized carbons (Fsp3) is 0.933. The van der Waals surface area contributed by atoms with Gasteiger partial charge < -0.3 is 15.8 Å². The van der Waals surface area contributed by atoms with Crippen molar-refractivity contribution >= 4 is 18.3 Å². The van der Waals surface area contributed by atoms with Crippen LogP contribution in [0.1, 0.15) is 52.4 Å². The van der Waals surface area contributed by atoms with Gasteiger partial charge in [-0.05, 0) is 30.6 Å². The Balaban J connectivity index is 0.00000361. The first-order valence-corrected chi connectivity index (χ1v) is 7.57. The molecule has 2 unspecified atom stereocenters. The van der Waals surface area contributed by atoms with Crippen LogP contribution in [0, 0.1) is 11.3 Å². The minimum atomic E-state index is -0.383. The smallest absolute Gasteiger partial charge is 0.237 e. The van der Waals surface area contributed by atoms with Crippen molar-refractivity contribution in [3.05, 3.63) is 0 Å². The minimum Gasteiger partial charge on any atom is -0.385 e. The molecule has 1 amide bonds. The molecule has 0 saturated heterocycles. The van der Waals surface area contributed by atoms with Gasteiger partial charge in [0, 0.05) is 20.3 Å². The van der Waals surface area contributed by atoms with Crippen LogP contribution in [0.2, 0.25) is 0 Å². The van der Waals surface area contributed by atoms with Gasteiger partial charge in [0.05, 0.1) is 6.04 Å². The molecule has 0 aliphatic heterocycles. The van der Waals surface area contributed by atoms with Crippen LogP contribution in [-0.4, -0.2) is 32.2 Å². The van der Waals surface area contributed by atoms with Crippen LogP contribution >= 0.6 is 12.4 Å². The first-order valence-electron chi connectivity index (χ1n) is 7.57. The van der Waals surface area contributed by atoms with E-state index in [2.05, 4.69) is 12.2 Å². The topological polar surface area (TPSA) is 64.4 Å². The average molecular weight is 307 g/mol. The Morgan fingerprint density at radius 3 is 2.50 bits per heavy atom. The van der Waals surface area contributed by atoms with Crippen molar-refractivity contribution in [2.75, 3.05) is 20.3 Å². The summed E-state index contributed by atoms with van der Waals surface area (Å²) < 4.78 is 5.20. The van der Waals surface area contributed by atoms with Crippen LogP contribution in [-0.2, 0) is 9.53 Å². The molecule has 5 heteroatoms. The summed E-state index contributed by atoms with van der Waals surface area (Å²) in [6, 6.07) is -0.383. The van der Waals surface area contributed by atoms with E-state index in [9.17, 15) is 4.79 Å². The van der Waals surface area contributed by atoms with Crippen molar-refractivity contribution < 1.29 is 9.53 Å². The summed E-state index contributed by atoms with van der Waals surface area (Å²) in [6.45, 7) is 5.61. The first kappa shape index (κ1) is 19.7. The molecule has 0 spiro atoms. The van der Waals surface area contributed by atoms with Crippen molar-refractivity contribution in [1.82, 2.24) is 5.32 Å². The number of carbonyl (C=O) groups excluding carboxylic acids is 1. The summed E-state index contributed by atoms with van der Waals surface area (Å²) in [7, 11) is 1.74. The lowest BCUT2D eigenvalue weighted by Gasteiger charge is -2.30. The van der Waals surface area contributed by atoms with E-state index in [0.717, 1.165) is 26.0 Å². The quantitative estimate of drug-likeness (QED) is 0.724. The second-order valence-electron chi connectivity index (χ2n) is 6.08. The minimum absolute atomic E-state index is 0. The Labute approximate surface area is 129 Å². The lowest BCUT2D eigenvalue weighted by atomic mass is 9.82. The molecule has 1 saturated carbocycles. The number of amides is 1. The Morgan fingerprint density at radius 2 is 2.00 bits per heavy atom. The van der Waals surface area contributed by atoms with Gasteiger partial charge in [-0.2, -0.15) is 0 Å². The third-order valence-electron chi connectivity index (χ3n) is 4.70. The molecule has 3 N–H and O–H groups in total. The summed E-state index contributed by atoms with van der Waals surface area (Å²) in [4.78, 5) is 12.0. The Hall–Kier alpha value is -0.320. The molecule has 1 aliphatic rings. The van der Waals surface area contributed by atoms with Crippen molar-refractivity contribution in [3.63, 3.8) is 0 Å². The Morgan fingerprint density at radius 1 is 1.40 bits per heavy atom. The highest BCUT2D eigenvalue weighted by Gasteiger charge is 2.34. The molecule has 0 aromatic carbocycles. The van der Waals surface area contributed by atoms with Crippen molar-refractivity contribution in [2.24, 2.45) is 17.1 Å². The number of halogens is 1. The third kappa shape index (κ3) is 5.58. The van der Waals surface area contributed by atoms with Gasteiger partial charge in [0.2, 0.25) is 5.91 Å². The van der Waals surface area contributed by atoms with Crippen molar-refractivity contribution in [3.8, 4) is 0 Å². The zero-order valence-electron chi connectivity index (χ0n) is 13.1. The Kier molecular flexibility index (Phi) is 9.43.